The van der Waals surface area contributed by atoms with Gasteiger partial charge < -0.3 is 10.6 Å². The van der Waals surface area contributed by atoms with E-state index in [4.69, 9.17) is 0 Å². The number of anilines is 2. The van der Waals surface area contributed by atoms with Gasteiger partial charge in [-0.1, -0.05) is 49.9 Å². The third kappa shape index (κ3) is 8.40. The van der Waals surface area contributed by atoms with Gasteiger partial charge in [-0.2, -0.15) is 0 Å². The first-order valence-corrected chi connectivity index (χ1v) is 11.1. The van der Waals surface area contributed by atoms with Crippen molar-refractivity contribution in [3.05, 3.63) is 58.7 Å². The van der Waals surface area contributed by atoms with Crippen molar-refractivity contribution in [2.24, 2.45) is 0 Å². The molecular formula is C26H36N2O2. The molecule has 0 radical (unpaired) electrons. The summed E-state index contributed by atoms with van der Waals surface area (Å²) < 4.78 is 0. The zero-order valence-corrected chi connectivity index (χ0v) is 18.9. The molecule has 0 aliphatic rings. The van der Waals surface area contributed by atoms with E-state index < -0.39 is 0 Å². The molecule has 162 valence electrons. The minimum Gasteiger partial charge on any atom is -0.326 e. The van der Waals surface area contributed by atoms with Gasteiger partial charge in [0.25, 0.3) is 0 Å². The molecule has 0 saturated carbocycles. The lowest BCUT2D eigenvalue weighted by atomic mass is 10.1. The largest absolute Gasteiger partial charge is 0.326 e. The summed E-state index contributed by atoms with van der Waals surface area (Å²) in [5.41, 5.74) is 6.32. The average molecular weight is 409 g/mol. The number of hydrogen-bond acceptors (Lipinski definition) is 2. The van der Waals surface area contributed by atoms with Crippen molar-refractivity contribution >= 4 is 23.2 Å². The van der Waals surface area contributed by atoms with Crippen LogP contribution in [0, 0.1) is 27.7 Å². The summed E-state index contributed by atoms with van der Waals surface area (Å²) in [5.74, 6) is 0.179. The standard InChI is InChI=1S/C26H36N2O2/c1-19-13-15-21(3)23(17-19)27-25(29)11-9-7-5-6-8-10-12-26(30)28-24-18-20(2)14-16-22(24)4/h13-18H,5-12H2,1-4H3,(H,27,29)(H,28,30). The third-order valence-electron chi connectivity index (χ3n) is 5.39. The van der Waals surface area contributed by atoms with Crippen molar-refractivity contribution in [3.63, 3.8) is 0 Å². The lowest BCUT2D eigenvalue weighted by molar-refractivity contribution is -0.117. The maximum absolute atomic E-state index is 12.1. The van der Waals surface area contributed by atoms with Crippen LogP contribution in [0.25, 0.3) is 0 Å². The van der Waals surface area contributed by atoms with Crippen LogP contribution >= 0.6 is 0 Å². The van der Waals surface area contributed by atoms with E-state index >= 15 is 0 Å². The van der Waals surface area contributed by atoms with Crippen LogP contribution in [-0.2, 0) is 9.59 Å². The summed E-state index contributed by atoms with van der Waals surface area (Å²) in [4.78, 5) is 24.3. The van der Waals surface area contributed by atoms with E-state index in [1.54, 1.807) is 0 Å². The fourth-order valence-electron chi connectivity index (χ4n) is 3.44. The smallest absolute Gasteiger partial charge is 0.224 e. The first kappa shape index (κ1) is 23.7. The Hall–Kier alpha value is -2.62. The summed E-state index contributed by atoms with van der Waals surface area (Å²) in [7, 11) is 0. The van der Waals surface area contributed by atoms with E-state index in [0.29, 0.717) is 12.8 Å². The Labute approximate surface area is 181 Å². The summed E-state index contributed by atoms with van der Waals surface area (Å²) in [6.45, 7) is 8.08. The molecule has 0 heterocycles. The summed E-state index contributed by atoms with van der Waals surface area (Å²) in [6, 6.07) is 12.2. The molecule has 0 fully saturated rings. The Morgan fingerprint density at radius 1 is 0.600 bits per heavy atom. The number of hydrogen-bond donors (Lipinski definition) is 2. The molecule has 0 bridgehead atoms. The van der Waals surface area contributed by atoms with Crippen molar-refractivity contribution in [2.75, 3.05) is 10.6 Å². The second-order valence-corrected chi connectivity index (χ2v) is 8.35. The fourth-order valence-corrected chi connectivity index (χ4v) is 3.44. The highest BCUT2D eigenvalue weighted by Crippen LogP contribution is 2.18. The first-order valence-electron chi connectivity index (χ1n) is 11.1. The van der Waals surface area contributed by atoms with E-state index in [1.807, 2.05) is 52.0 Å². The average Bonchev–Trinajstić information content (AvgIpc) is 2.69. The van der Waals surface area contributed by atoms with Crippen molar-refractivity contribution in [2.45, 2.75) is 79.1 Å². The molecule has 30 heavy (non-hydrogen) atoms. The molecule has 0 unspecified atom stereocenters. The second-order valence-electron chi connectivity index (χ2n) is 8.35. The minimum absolute atomic E-state index is 0.0896. The van der Waals surface area contributed by atoms with Gasteiger partial charge in [0.1, 0.15) is 0 Å². The van der Waals surface area contributed by atoms with E-state index in [9.17, 15) is 9.59 Å². The van der Waals surface area contributed by atoms with Crippen LogP contribution in [-0.4, -0.2) is 11.8 Å². The highest BCUT2D eigenvalue weighted by molar-refractivity contribution is 5.92. The lowest BCUT2D eigenvalue weighted by Gasteiger charge is -2.10. The molecule has 2 aromatic carbocycles. The molecule has 0 aliphatic heterocycles. The van der Waals surface area contributed by atoms with Gasteiger partial charge in [0.15, 0.2) is 0 Å². The maximum atomic E-state index is 12.1. The number of rotatable bonds is 11. The molecule has 0 atom stereocenters. The number of carbonyl (C=O) groups excluding carboxylic acids is 2. The monoisotopic (exact) mass is 408 g/mol. The van der Waals surface area contributed by atoms with Crippen LogP contribution in [0.5, 0.6) is 0 Å². The van der Waals surface area contributed by atoms with Gasteiger partial charge in [0, 0.05) is 24.2 Å². The van der Waals surface area contributed by atoms with Gasteiger partial charge in [-0.15, -0.1) is 0 Å². The van der Waals surface area contributed by atoms with Crippen molar-refractivity contribution in [1.82, 2.24) is 0 Å². The Bertz CT molecular complexity index is 787. The maximum Gasteiger partial charge on any atom is 0.224 e. The van der Waals surface area contributed by atoms with Crippen molar-refractivity contribution < 1.29 is 9.59 Å². The second kappa shape index (κ2) is 12.2. The molecule has 0 aliphatic carbocycles. The molecule has 0 spiro atoms. The Kier molecular flexibility index (Phi) is 9.59. The predicted molar refractivity (Wildman–Crippen MR) is 126 cm³/mol. The lowest BCUT2D eigenvalue weighted by Crippen LogP contribution is -2.12. The molecule has 2 N–H and O–H groups in total. The van der Waals surface area contributed by atoms with Gasteiger partial charge in [-0.3, -0.25) is 9.59 Å². The summed E-state index contributed by atoms with van der Waals surface area (Å²) in [5, 5.41) is 6.04. The van der Waals surface area contributed by atoms with E-state index in [0.717, 1.165) is 72.2 Å². The van der Waals surface area contributed by atoms with Crippen LogP contribution in [0.15, 0.2) is 36.4 Å². The van der Waals surface area contributed by atoms with Crippen molar-refractivity contribution in [1.29, 1.82) is 0 Å². The molecular weight excluding hydrogens is 372 g/mol. The predicted octanol–water partition coefficient (Wildman–Crippen LogP) is 6.62. The number of benzene rings is 2. The zero-order valence-electron chi connectivity index (χ0n) is 18.9. The van der Waals surface area contributed by atoms with E-state index in [-0.39, 0.29) is 11.8 Å². The molecule has 2 rings (SSSR count). The van der Waals surface area contributed by atoms with E-state index in [2.05, 4.69) is 22.8 Å². The van der Waals surface area contributed by atoms with Gasteiger partial charge >= 0.3 is 0 Å². The SMILES string of the molecule is Cc1ccc(C)c(NC(=O)CCCCCCCCC(=O)Nc2cc(C)ccc2C)c1. The third-order valence-corrected chi connectivity index (χ3v) is 5.39. The summed E-state index contributed by atoms with van der Waals surface area (Å²) >= 11 is 0. The van der Waals surface area contributed by atoms with Gasteiger partial charge in [-0.05, 0) is 74.9 Å². The van der Waals surface area contributed by atoms with Crippen molar-refractivity contribution in [3.8, 4) is 0 Å². The zero-order chi connectivity index (χ0) is 21.9. The molecule has 4 heteroatoms. The van der Waals surface area contributed by atoms with Gasteiger partial charge in [0.05, 0.1) is 0 Å². The molecule has 4 nitrogen and oxygen atoms in total. The highest BCUT2D eigenvalue weighted by atomic mass is 16.2. The molecule has 0 saturated heterocycles. The number of carbonyl (C=O) groups is 2. The van der Waals surface area contributed by atoms with Crippen LogP contribution in [0.4, 0.5) is 11.4 Å². The normalized spacial score (nSPS) is 10.7. The Morgan fingerprint density at radius 3 is 1.37 bits per heavy atom. The van der Waals surface area contributed by atoms with Crippen LogP contribution < -0.4 is 10.6 Å². The Balaban J connectivity index is 1.52. The number of unbranched alkanes of at least 4 members (excludes halogenated alkanes) is 5. The molecule has 2 amide bonds. The van der Waals surface area contributed by atoms with Crippen LogP contribution in [0.1, 0.15) is 73.6 Å². The van der Waals surface area contributed by atoms with Crippen LogP contribution in [0.2, 0.25) is 0 Å². The quantitative estimate of drug-likeness (QED) is 0.411. The van der Waals surface area contributed by atoms with Gasteiger partial charge in [0.2, 0.25) is 11.8 Å². The molecule has 0 aromatic heterocycles. The topological polar surface area (TPSA) is 58.2 Å². The molecule has 2 aromatic rings. The van der Waals surface area contributed by atoms with Gasteiger partial charge in [-0.25, -0.2) is 0 Å². The summed E-state index contributed by atoms with van der Waals surface area (Å²) in [6.07, 6.45) is 7.25. The highest BCUT2D eigenvalue weighted by Gasteiger charge is 2.06. The fraction of sp³-hybridized carbons (Fsp3) is 0.462. The number of amides is 2. The number of aryl methyl sites for hydroxylation is 4. The van der Waals surface area contributed by atoms with Crippen LogP contribution in [0.3, 0.4) is 0 Å². The Morgan fingerprint density at radius 2 is 0.967 bits per heavy atom. The minimum atomic E-state index is 0.0896. The number of nitrogens with one attached hydrogen (secondary N) is 2. The first-order chi connectivity index (χ1) is 14.3. The van der Waals surface area contributed by atoms with E-state index in [1.165, 1.54) is 0 Å².